The highest BCUT2D eigenvalue weighted by Gasteiger charge is 2.42. The number of ether oxygens (including phenoxy) is 1. The van der Waals surface area contributed by atoms with Gasteiger partial charge in [0.2, 0.25) is 0 Å². The number of benzene rings is 2. The van der Waals surface area contributed by atoms with Crippen LogP contribution in [-0.2, 0) is 4.79 Å². The highest BCUT2D eigenvalue weighted by Crippen LogP contribution is 2.51. The number of amides is 1. The third-order valence-electron chi connectivity index (χ3n) is 6.04. The highest BCUT2D eigenvalue weighted by molar-refractivity contribution is 9.10. The second-order valence-corrected chi connectivity index (χ2v) is 11.0. The molecule has 1 amide bonds. The van der Waals surface area contributed by atoms with Crippen LogP contribution < -0.4 is 9.64 Å². The lowest BCUT2D eigenvalue weighted by Gasteiger charge is -2.30. The molecule has 5 rings (SSSR count). The van der Waals surface area contributed by atoms with Gasteiger partial charge in [-0.05, 0) is 61.0 Å². The number of hydrogen-bond acceptors (Lipinski definition) is 6. The molecule has 0 radical (unpaired) electrons. The minimum Gasteiger partial charge on any atom is -0.497 e. The smallest absolute Gasteiger partial charge is 0.269 e. The van der Waals surface area contributed by atoms with Crippen LogP contribution >= 0.6 is 39.5 Å². The molecule has 0 N–H and O–H groups in total. The van der Waals surface area contributed by atoms with Crippen molar-refractivity contribution < 1.29 is 9.53 Å². The van der Waals surface area contributed by atoms with Gasteiger partial charge in [0.25, 0.3) is 5.91 Å². The number of carbonyl (C=O) groups excluding carboxylic acids is 1. The summed E-state index contributed by atoms with van der Waals surface area (Å²) < 4.78 is 6.42. The van der Waals surface area contributed by atoms with Gasteiger partial charge in [0.15, 0.2) is 5.17 Å². The van der Waals surface area contributed by atoms with Gasteiger partial charge in [-0.2, -0.15) is 0 Å². The number of fused-ring (bicyclic) bond motifs is 1. The Labute approximate surface area is 205 Å². The van der Waals surface area contributed by atoms with Crippen LogP contribution in [0.4, 0.5) is 11.4 Å². The number of hydrogen-bond donors (Lipinski definition) is 0. The largest absolute Gasteiger partial charge is 0.497 e. The Morgan fingerprint density at radius 3 is 2.53 bits per heavy atom. The van der Waals surface area contributed by atoms with Crippen LogP contribution in [0.5, 0.6) is 5.75 Å². The standard InChI is InChI=1S/C24H24BrN3O2S2/c1-27-19-14-18(30-2)12-13-20(19)31-23(27)21-22(29)28(17-6-4-3-5-7-17)24(32-21)26-16-10-8-15(25)9-11-16/h8-14,17H,3-7H2,1-2H3/b23-21-,26-24?. The lowest BCUT2D eigenvalue weighted by Crippen LogP contribution is -2.40. The molecule has 1 saturated carbocycles. The SMILES string of the molecule is COc1ccc2c(c1)N(C)/C(=C1/SC(=Nc3ccc(Br)cc3)N(C3CCCCC3)C1=O)S2. The minimum atomic E-state index is 0.0758. The van der Waals surface area contributed by atoms with Crippen molar-refractivity contribution in [3.05, 3.63) is 56.9 Å². The number of amidine groups is 1. The molecule has 2 heterocycles. The van der Waals surface area contributed by atoms with E-state index in [1.807, 2.05) is 48.3 Å². The van der Waals surface area contributed by atoms with E-state index < -0.39 is 0 Å². The Morgan fingerprint density at radius 2 is 1.81 bits per heavy atom. The molecule has 32 heavy (non-hydrogen) atoms. The van der Waals surface area contributed by atoms with Crippen LogP contribution in [0.3, 0.4) is 0 Å². The van der Waals surface area contributed by atoms with Crippen molar-refractivity contribution in [2.45, 2.75) is 43.0 Å². The Balaban J connectivity index is 1.54. The van der Waals surface area contributed by atoms with Crippen molar-refractivity contribution in [2.75, 3.05) is 19.1 Å². The Hall–Kier alpha value is -1.90. The van der Waals surface area contributed by atoms with E-state index in [0.29, 0.717) is 0 Å². The molecule has 166 valence electrons. The second-order valence-electron chi connectivity index (χ2n) is 8.07. The molecule has 8 heteroatoms. The van der Waals surface area contributed by atoms with E-state index in [-0.39, 0.29) is 11.9 Å². The molecule has 0 aromatic heterocycles. The van der Waals surface area contributed by atoms with E-state index in [2.05, 4.69) is 26.9 Å². The molecule has 0 spiro atoms. The normalized spacial score (nSPS) is 22.7. The lowest BCUT2D eigenvalue weighted by atomic mass is 9.94. The van der Waals surface area contributed by atoms with Crippen molar-refractivity contribution in [3.63, 3.8) is 0 Å². The fourth-order valence-corrected chi connectivity index (χ4v) is 6.98. The maximum atomic E-state index is 13.8. The zero-order valence-electron chi connectivity index (χ0n) is 18.0. The minimum absolute atomic E-state index is 0.0758. The predicted molar refractivity (Wildman–Crippen MR) is 137 cm³/mol. The van der Waals surface area contributed by atoms with Crippen molar-refractivity contribution >= 4 is 61.9 Å². The predicted octanol–water partition coefficient (Wildman–Crippen LogP) is 6.76. The van der Waals surface area contributed by atoms with E-state index >= 15 is 0 Å². The number of halogens is 1. The molecule has 3 aliphatic rings. The fourth-order valence-electron chi connectivity index (χ4n) is 4.33. The highest BCUT2D eigenvalue weighted by atomic mass is 79.9. The van der Waals surface area contributed by atoms with Crippen molar-refractivity contribution in [3.8, 4) is 5.75 Å². The zero-order chi connectivity index (χ0) is 22.2. The second kappa shape index (κ2) is 9.15. The van der Waals surface area contributed by atoms with Gasteiger partial charge in [-0.15, -0.1) is 0 Å². The summed E-state index contributed by atoms with van der Waals surface area (Å²) >= 11 is 6.63. The number of methoxy groups -OCH3 is 1. The number of nitrogens with zero attached hydrogens (tertiary/aromatic N) is 3. The van der Waals surface area contributed by atoms with E-state index in [4.69, 9.17) is 9.73 Å². The van der Waals surface area contributed by atoms with Gasteiger partial charge in [-0.1, -0.05) is 47.0 Å². The zero-order valence-corrected chi connectivity index (χ0v) is 21.2. The summed E-state index contributed by atoms with van der Waals surface area (Å²) in [7, 11) is 3.69. The van der Waals surface area contributed by atoms with E-state index in [9.17, 15) is 4.79 Å². The molecule has 2 aromatic rings. The maximum absolute atomic E-state index is 13.8. The Bertz CT molecular complexity index is 1110. The summed E-state index contributed by atoms with van der Waals surface area (Å²) in [5.41, 5.74) is 1.92. The maximum Gasteiger partial charge on any atom is 0.269 e. The van der Waals surface area contributed by atoms with Crippen LogP contribution in [0.2, 0.25) is 0 Å². The van der Waals surface area contributed by atoms with Crippen molar-refractivity contribution in [1.29, 1.82) is 0 Å². The molecule has 0 bridgehead atoms. The molecule has 0 atom stereocenters. The molecule has 5 nitrogen and oxygen atoms in total. The first-order valence-electron chi connectivity index (χ1n) is 10.7. The number of aliphatic imine (C=N–C) groups is 1. The Kier molecular flexibility index (Phi) is 6.27. The molecule has 1 saturated heterocycles. The van der Waals surface area contributed by atoms with Gasteiger partial charge in [-0.25, -0.2) is 4.99 Å². The summed E-state index contributed by atoms with van der Waals surface area (Å²) in [5.74, 6) is 0.890. The number of thioether (sulfide) groups is 2. The molecule has 2 aliphatic heterocycles. The quantitative estimate of drug-likeness (QED) is 0.410. The van der Waals surface area contributed by atoms with Gasteiger partial charge in [0.05, 0.1) is 23.5 Å². The summed E-state index contributed by atoms with van der Waals surface area (Å²) in [6.45, 7) is 0. The van der Waals surface area contributed by atoms with Crippen LogP contribution in [0.25, 0.3) is 0 Å². The van der Waals surface area contributed by atoms with Gasteiger partial charge >= 0.3 is 0 Å². The van der Waals surface area contributed by atoms with Crippen LogP contribution in [-0.4, -0.2) is 36.2 Å². The first-order valence-corrected chi connectivity index (χ1v) is 13.2. The lowest BCUT2D eigenvalue weighted by molar-refractivity contribution is -0.124. The average Bonchev–Trinajstić information content (AvgIpc) is 3.31. The monoisotopic (exact) mass is 529 g/mol. The van der Waals surface area contributed by atoms with E-state index in [1.165, 1.54) is 18.2 Å². The van der Waals surface area contributed by atoms with Crippen LogP contribution in [0.1, 0.15) is 32.1 Å². The van der Waals surface area contributed by atoms with E-state index in [0.717, 1.165) is 67.3 Å². The van der Waals surface area contributed by atoms with Crippen LogP contribution in [0, 0.1) is 0 Å². The summed E-state index contributed by atoms with van der Waals surface area (Å²) in [4.78, 5) is 24.6. The van der Waals surface area contributed by atoms with Crippen molar-refractivity contribution in [1.82, 2.24) is 4.90 Å². The number of rotatable bonds is 3. The summed E-state index contributed by atoms with van der Waals surface area (Å²) in [6, 6.07) is 14.2. The third kappa shape index (κ3) is 4.08. The topological polar surface area (TPSA) is 45.1 Å². The van der Waals surface area contributed by atoms with Gasteiger partial charge in [-0.3, -0.25) is 9.69 Å². The summed E-state index contributed by atoms with van der Waals surface area (Å²) in [5, 5.41) is 1.75. The van der Waals surface area contributed by atoms with E-state index in [1.54, 1.807) is 18.9 Å². The molecule has 2 aromatic carbocycles. The first kappa shape index (κ1) is 21.9. The molecule has 1 aliphatic carbocycles. The average molecular weight is 531 g/mol. The van der Waals surface area contributed by atoms with Gasteiger partial charge < -0.3 is 9.64 Å². The number of carbonyl (C=O) groups is 1. The van der Waals surface area contributed by atoms with Crippen LogP contribution in [0.15, 0.2) is 66.8 Å². The third-order valence-corrected chi connectivity index (χ3v) is 8.97. The van der Waals surface area contributed by atoms with Gasteiger partial charge in [0, 0.05) is 28.5 Å². The van der Waals surface area contributed by atoms with Gasteiger partial charge in [0.1, 0.15) is 10.7 Å². The molecular formula is C24H24BrN3O2S2. The molecular weight excluding hydrogens is 506 g/mol. The fraction of sp³-hybridized carbons (Fsp3) is 0.333. The molecule has 2 fully saturated rings. The molecule has 0 unspecified atom stereocenters. The number of anilines is 1. The first-order chi connectivity index (χ1) is 15.5. The Morgan fingerprint density at radius 1 is 1.06 bits per heavy atom. The van der Waals surface area contributed by atoms with Crippen molar-refractivity contribution in [2.24, 2.45) is 4.99 Å². The summed E-state index contributed by atoms with van der Waals surface area (Å²) in [6.07, 6.45) is 5.64.